The van der Waals surface area contributed by atoms with E-state index in [1.165, 1.54) is 18.4 Å². The van der Waals surface area contributed by atoms with Crippen molar-refractivity contribution in [3.63, 3.8) is 0 Å². The Kier molecular flexibility index (Phi) is 5.38. The molecule has 21 heavy (non-hydrogen) atoms. The first-order valence-corrected chi connectivity index (χ1v) is 7.95. The molecule has 0 aliphatic rings. The summed E-state index contributed by atoms with van der Waals surface area (Å²) in [6, 6.07) is 10.3. The third-order valence-corrected chi connectivity index (χ3v) is 4.00. The summed E-state index contributed by atoms with van der Waals surface area (Å²) in [6.45, 7) is 4.31. The fraction of sp³-hybridized carbons (Fsp3) is 0.421. The van der Waals surface area contributed by atoms with Crippen molar-refractivity contribution < 1.29 is 9.90 Å². The molecule has 112 valence electrons. The Labute approximate surface area is 126 Å². The predicted octanol–water partition coefficient (Wildman–Crippen LogP) is 5.22. The van der Waals surface area contributed by atoms with Crippen molar-refractivity contribution in [1.82, 2.24) is 0 Å². The lowest BCUT2D eigenvalue weighted by atomic mass is 9.94. The Bertz CT molecular complexity index is 629. The fourth-order valence-electron chi connectivity index (χ4n) is 2.79. The van der Waals surface area contributed by atoms with Gasteiger partial charge in [-0.3, -0.25) is 0 Å². The molecule has 0 aromatic heterocycles. The number of benzene rings is 2. The molecule has 0 fully saturated rings. The molecule has 0 saturated heterocycles. The second-order valence-electron chi connectivity index (χ2n) is 5.67. The average molecular weight is 284 g/mol. The Balaban J connectivity index is 2.46. The zero-order chi connectivity index (χ0) is 15.2. The molecule has 2 aromatic carbocycles. The first kappa shape index (κ1) is 15.6. The van der Waals surface area contributed by atoms with Crippen LogP contribution in [0.15, 0.2) is 30.3 Å². The number of hydrogen-bond acceptors (Lipinski definition) is 1. The number of carboxylic acid groups (broad SMARTS) is 1. The van der Waals surface area contributed by atoms with Gasteiger partial charge in [-0.15, -0.1) is 0 Å². The van der Waals surface area contributed by atoms with E-state index in [0.717, 1.165) is 42.0 Å². The van der Waals surface area contributed by atoms with Gasteiger partial charge in [-0.05, 0) is 47.6 Å². The summed E-state index contributed by atoms with van der Waals surface area (Å²) in [7, 11) is 0. The lowest BCUT2D eigenvalue weighted by Gasteiger charge is -2.11. The van der Waals surface area contributed by atoms with E-state index in [4.69, 9.17) is 0 Å². The highest BCUT2D eigenvalue weighted by atomic mass is 16.4. The Morgan fingerprint density at radius 2 is 1.71 bits per heavy atom. The maximum absolute atomic E-state index is 11.7. The second kappa shape index (κ2) is 7.26. The zero-order valence-electron chi connectivity index (χ0n) is 13.0. The minimum absolute atomic E-state index is 0.489. The van der Waals surface area contributed by atoms with E-state index >= 15 is 0 Å². The molecule has 0 aliphatic heterocycles. The van der Waals surface area contributed by atoms with Crippen LogP contribution in [0, 0.1) is 0 Å². The van der Waals surface area contributed by atoms with E-state index in [2.05, 4.69) is 32.0 Å². The van der Waals surface area contributed by atoms with Crippen molar-refractivity contribution >= 4 is 16.7 Å². The first-order chi connectivity index (χ1) is 10.2. The second-order valence-corrected chi connectivity index (χ2v) is 5.67. The van der Waals surface area contributed by atoms with Crippen LogP contribution in [0.2, 0.25) is 0 Å². The average Bonchev–Trinajstić information content (AvgIpc) is 2.49. The van der Waals surface area contributed by atoms with E-state index in [0.29, 0.717) is 5.56 Å². The van der Waals surface area contributed by atoms with Crippen molar-refractivity contribution in [2.45, 2.75) is 52.4 Å². The fourth-order valence-corrected chi connectivity index (χ4v) is 2.79. The molecule has 0 radical (unpaired) electrons. The molecule has 0 amide bonds. The van der Waals surface area contributed by atoms with Crippen LogP contribution < -0.4 is 0 Å². The Morgan fingerprint density at radius 3 is 2.38 bits per heavy atom. The number of aromatic carboxylic acids is 1. The summed E-state index contributed by atoms with van der Waals surface area (Å²) in [4.78, 5) is 11.7. The summed E-state index contributed by atoms with van der Waals surface area (Å²) in [5.41, 5.74) is 2.74. The largest absolute Gasteiger partial charge is 0.478 e. The van der Waals surface area contributed by atoms with E-state index in [1.807, 2.05) is 12.1 Å². The third-order valence-electron chi connectivity index (χ3n) is 4.00. The summed E-state index contributed by atoms with van der Waals surface area (Å²) < 4.78 is 0. The molecule has 2 nitrogen and oxygen atoms in total. The van der Waals surface area contributed by atoms with Gasteiger partial charge in [0.15, 0.2) is 0 Å². The molecule has 0 unspecified atom stereocenters. The van der Waals surface area contributed by atoms with Crippen LogP contribution in [0.4, 0.5) is 0 Å². The normalized spacial score (nSPS) is 11.0. The molecule has 2 rings (SSSR count). The number of aryl methyl sites for hydroxylation is 2. The number of fused-ring (bicyclic) bond motifs is 1. The molecule has 0 saturated carbocycles. The van der Waals surface area contributed by atoms with Crippen molar-refractivity contribution in [3.05, 3.63) is 47.0 Å². The molecule has 0 bridgehead atoms. The van der Waals surface area contributed by atoms with Crippen LogP contribution in [-0.4, -0.2) is 11.1 Å². The monoisotopic (exact) mass is 284 g/mol. The summed E-state index contributed by atoms with van der Waals surface area (Å²) in [6.07, 6.45) is 6.35. The predicted molar refractivity (Wildman–Crippen MR) is 88.1 cm³/mol. The van der Waals surface area contributed by atoms with Crippen molar-refractivity contribution in [2.75, 3.05) is 0 Å². The van der Waals surface area contributed by atoms with E-state index in [1.54, 1.807) is 0 Å². The molecule has 0 atom stereocenters. The number of rotatable bonds is 7. The van der Waals surface area contributed by atoms with E-state index in [-0.39, 0.29) is 0 Å². The SMILES string of the molecule is CCCCc1ccc2c(C(=O)O)c(CCCC)ccc2c1. The molecule has 0 aliphatic carbocycles. The summed E-state index contributed by atoms with van der Waals surface area (Å²) >= 11 is 0. The summed E-state index contributed by atoms with van der Waals surface area (Å²) in [5.74, 6) is -0.812. The van der Waals surface area contributed by atoms with Crippen molar-refractivity contribution in [2.24, 2.45) is 0 Å². The molecular weight excluding hydrogens is 260 g/mol. The minimum Gasteiger partial charge on any atom is -0.478 e. The van der Waals surface area contributed by atoms with Gasteiger partial charge in [0, 0.05) is 0 Å². The van der Waals surface area contributed by atoms with Crippen molar-refractivity contribution in [3.8, 4) is 0 Å². The standard InChI is InChI=1S/C19H24O2/c1-3-5-7-14-9-12-17-16(13-14)11-10-15(8-6-4-2)18(17)19(20)21/h9-13H,3-8H2,1-2H3,(H,20,21). The zero-order valence-corrected chi connectivity index (χ0v) is 13.0. The lowest BCUT2D eigenvalue weighted by molar-refractivity contribution is 0.0698. The Hall–Kier alpha value is -1.83. The third kappa shape index (κ3) is 3.63. The van der Waals surface area contributed by atoms with Gasteiger partial charge in [0.25, 0.3) is 0 Å². The Morgan fingerprint density at radius 1 is 1.00 bits per heavy atom. The lowest BCUT2D eigenvalue weighted by Crippen LogP contribution is -2.04. The highest BCUT2D eigenvalue weighted by Gasteiger charge is 2.14. The van der Waals surface area contributed by atoms with Crippen LogP contribution in [0.25, 0.3) is 10.8 Å². The van der Waals surface area contributed by atoms with Crippen LogP contribution in [0.3, 0.4) is 0 Å². The van der Waals surface area contributed by atoms with Gasteiger partial charge >= 0.3 is 5.97 Å². The van der Waals surface area contributed by atoms with Crippen molar-refractivity contribution in [1.29, 1.82) is 0 Å². The quantitative estimate of drug-likeness (QED) is 0.756. The minimum atomic E-state index is -0.812. The maximum Gasteiger partial charge on any atom is 0.336 e. The smallest absolute Gasteiger partial charge is 0.336 e. The summed E-state index contributed by atoms with van der Waals surface area (Å²) in [5, 5.41) is 11.5. The molecule has 0 heterocycles. The van der Waals surface area contributed by atoms with Crippen LogP contribution >= 0.6 is 0 Å². The van der Waals surface area contributed by atoms with Crippen LogP contribution in [-0.2, 0) is 12.8 Å². The highest BCUT2D eigenvalue weighted by Crippen LogP contribution is 2.25. The van der Waals surface area contributed by atoms with Crippen LogP contribution in [0.1, 0.15) is 61.0 Å². The molecular formula is C19H24O2. The topological polar surface area (TPSA) is 37.3 Å². The van der Waals surface area contributed by atoms with Gasteiger partial charge < -0.3 is 5.11 Å². The van der Waals surface area contributed by atoms with Gasteiger partial charge in [-0.1, -0.05) is 57.0 Å². The van der Waals surface area contributed by atoms with Gasteiger partial charge in [0.05, 0.1) is 5.56 Å². The molecule has 0 spiro atoms. The number of carboxylic acids is 1. The van der Waals surface area contributed by atoms with Crippen LogP contribution in [0.5, 0.6) is 0 Å². The molecule has 2 aromatic rings. The first-order valence-electron chi connectivity index (χ1n) is 7.95. The highest BCUT2D eigenvalue weighted by molar-refractivity contribution is 6.05. The van der Waals surface area contributed by atoms with E-state index < -0.39 is 5.97 Å². The van der Waals surface area contributed by atoms with Gasteiger partial charge in [-0.25, -0.2) is 4.79 Å². The van der Waals surface area contributed by atoms with E-state index in [9.17, 15) is 9.90 Å². The number of carbonyl (C=O) groups is 1. The van der Waals surface area contributed by atoms with Gasteiger partial charge in [0.1, 0.15) is 0 Å². The molecule has 1 N–H and O–H groups in total. The maximum atomic E-state index is 11.7. The van der Waals surface area contributed by atoms with Gasteiger partial charge in [0.2, 0.25) is 0 Å². The van der Waals surface area contributed by atoms with Gasteiger partial charge in [-0.2, -0.15) is 0 Å². The number of unbranched alkanes of at least 4 members (excludes halogenated alkanes) is 2. The number of hydrogen-bond donors (Lipinski definition) is 1. The molecule has 2 heteroatoms.